The Balaban J connectivity index is 2.07. The van der Waals surface area contributed by atoms with Crippen LogP contribution in [0.1, 0.15) is 23.1 Å². The summed E-state index contributed by atoms with van der Waals surface area (Å²) in [4.78, 5) is 23.3. The van der Waals surface area contributed by atoms with Gasteiger partial charge in [-0.3, -0.25) is 14.5 Å². The largest absolute Gasteiger partial charge is 0.480 e. The molecule has 1 aliphatic carbocycles. The van der Waals surface area contributed by atoms with Crippen molar-refractivity contribution in [3.63, 3.8) is 0 Å². The van der Waals surface area contributed by atoms with Crippen molar-refractivity contribution in [2.45, 2.75) is 25.8 Å². The van der Waals surface area contributed by atoms with Gasteiger partial charge in [0.05, 0.1) is 13.1 Å². The molecule has 0 spiro atoms. The monoisotopic (exact) mass is 262 g/mol. The number of amides is 1. The van der Waals surface area contributed by atoms with Crippen LogP contribution in [0.2, 0.25) is 0 Å². The average molecular weight is 262 g/mol. The molecule has 5 nitrogen and oxygen atoms in total. The number of hydrogen-bond acceptors (Lipinski definition) is 3. The predicted octanol–water partition coefficient (Wildman–Crippen LogP) is 0.547. The number of aryl methyl sites for hydroxylation is 2. The number of hydrogen-bond donors (Lipinski definition) is 2. The molecule has 0 aliphatic heterocycles. The first kappa shape index (κ1) is 13.5. The molecule has 0 saturated carbocycles. The van der Waals surface area contributed by atoms with Gasteiger partial charge >= 0.3 is 5.97 Å². The summed E-state index contributed by atoms with van der Waals surface area (Å²) in [5, 5.41) is 8.84. The van der Waals surface area contributed by atoms with Gasteiger partial charge in [0.25, 0.3) is 0 Å². The van der Waals surface area contributed by atoms with E-state index in [0.29, 0.717) is 6.54 Å². The van der Waals surface area contributed by atoms with E-state index in [4.69, 9.17) is 10.8 Å². The molecule has 0 bridgehead atoms. The van der Waals surface area contributed by atoms with E-state index < -0.39 is 11.9 Å². The maximum absolute atomic E-state index is 11.0. The first-order valence-corrected chi connectivity index (χ1v) is 6.38. The van der Waals surface area contributed by atoms with Gasteiger partial charge in [-0.05, 0) is 36.0 Å². The van der Waals surface area contributed by atoms with Gasteiger partial charge in [-0.1, -0.05) is 18.2 Å². The van der Waals surface area contributed by atoms with Gasteiger partial charge in [-0.15, -0.1) is 0 Å². The fourth-order valence-electron chi connectivity index (χ4n) is 2.56. The number of primary amides is 1. The Labute approximate surface area is 112 Å². The molecule has 0 heterocycles. The van der Waals surface area contributed by atoms with E-state index >= 15 is 0 Å². The molecule has 0 aromatic heterocycles. The first-order valence-electron chi connectivity index (χ1n) is 6.38. The van der Waals surface area contributed by atoms with E-state index in [1.165, 1.54) is 17.5 Å². The number of nitrogens with zero attached hydrogens (tertiary/aromatic N) is 1. The van der Waals surface area contributed by atoms with E-state index in [1.54, 1.807) is 4.90 Å². The van der Waals surface area contributed by atoms with Crippen LogP contribution in [0.4, 0.5) is 0 Å². The second-order valence-electron chi connectivity index (χ2n) is 4.96. The summed E-state index contributed by atoms with van der Waals surface area (Å²) >= 11 is 0. The van der Waals surface area contributed by atoms with Crippen LogP contribution in [0.5, 0.6) is 0 Å². The molecule has 0 atom stereocenters. The number of carbonyl (C=O) groups is 2. The normalized spacial score (nSPS) is 13.5. The maximum Gasteiger partial charge on any atom is 0.317 e. The quantitative estimate of drug-likeness (QED) is 0.784. The summed E-state index contributed by atoms with van der Waals surface area (Å²) < 4.78 is 0. The summed E-state index contributed by atoms with van der Waals surface area (Å²) in [7, 11) is 0. The van der Waals surface area contributed by atoms with Gasteiger partial charge in [-0.25, -0.2) is 0 Å². The summed E-state index contributed by atoms with van der Waals surface area (Å²) in [6.45, 7) is 0.214. The third-order valence-corrected chi connectivity index (χ3v) is 3.31. The molecule has 1 amide bonds. The Kier molecular flexibility index (Phi) is 4.16. The highest BCUT2D eigenvalue weighted by Gasteiger charge is 2.15. The minimum absolute atomic E-state index is 0.0383. The Morgan fingerprint density at radius 3 is 2.63 bits per heavy atom. The third-order valence-electron chi connectivity index (χ3n) is 3.31. The third kappa shape index (κ3) is 3.79. The second kappa shape index (κ2) is 5.84. The highest BCUT2D eigenvalue weighted by molar-refractivity contribution is 5.77. The molecular formula is C14H18N2O3. The number of aliphatic carboxylic acids is 1. The van der Waals surface area contributed by atoms with E-state index in [1.807, 2.05) is 6.07 Å². The van der Waals surface area contributed by atoms with Crippen LogP contribution in [-0.2, 0) is 29.0 Å². The molecule has 5 heteroatoms. The van der Waals surface area contributed by atoms with Gasteiger partial charge in [-0.2, -0.15) is 0 Å². The van der Waals surface area contributed by atoms with Crippen LogP contribution < -0.4 is 5.73 Å². The van der Waals surface area contributed by atoms with Crippen molar-refractivity contribution in [2.24, 2.45) is 5.73 Å². The number of carboxylic acid groups (broad SMARTS) is 1. The topological polar surface area (TPSA) is 83.6 Å². The van der Waals surface area contributed by atoms with Crippen molar-refractivity contribution in [1.29, 1.82) is 0 Å². The molecule has 0 saturated heterocycles. The van der Waals surface area contributed by atoms with Crippen molar-refractivity contribution in [2.75, 3.05) is 13.1 Å². The molecule has 1 aliphatic rings. The van der Waals surface area contributed by atoms with Crippen LogP contribution in [0.15, 0.2) is 18.2 Å². The van der Waals surface area contributed by atoms with Crippen LogP contribution in [0.25, 0.3) is 0 Å². The SMILES string of the molecule is NC(=O)CN(CC(=O)O)Cc1ccc2c(c1)CCC2. The first-order chi connectivity index (χ1) is 9.04. The number of fused-ring (bicyclic) bond motifs is 1. The summed E-state index contributed by atoms with van der Waals surface area (Å²) in [6.07, 6.45) is 3.38. The summed E-state index contributed by atoms with van der Waals surface area (Å²) in [5.74, 6) is -1.47. The van der Waals surface area contributed by atoms with E-state index in [-0.39, 0.29) is 13.1 Å². The van der Waals surface area contributed by atoms with Gasteiger partial charge in [0, 0.05) is 6.54 Å². The zero-order valence-electron chi connectivity index (χ0n) is 10.8. The van der Waals surface area contributed by atoms with Gasteiger partial charge in [0.2, 0.25) is 5.91 Å². The molecule has 19 heavy (non-hydrogen) atoms. The lowest BCUT2D eigenvalue weighted by atomic mass is 10.1. The lowest BCUT2D eigenvalue weighted by molar-refractivity contribution is -0.138. The van der Waals surface area contributed by atoms with Crippen LogP contribution in [0, 0.1) is 0 Å². The zero-order valence-corrected chi connectivity index (χ0v) is 10.8. The van der Waals surface area contributed by atoms with Crippen molar-refractivity contribution in [3.8, 4) is 0 Å². The second-order valence-corrected chi connectivity index (χ2v) is 4.96. The van der Waals surface area contributed by atoms with Gasteiger partial charge < -0.3 is 10.8 Å². The molecule has 0 fully saturated rings. The van der Waals surface area contributed by atoms with Crippen molar-refractivity contribution >= 4 is 11.9 Å². The zero-order chi connectivity index (χ0) is 13.8. The number of benzene rings is 1. The maximum atomic E-state index is 11.0. The Morgan fingerprint density at radius 1 is 1.21 bits per heavy atom. The minimum atomic E-state index is -0.956. The molecule has 1 aromatic rings. The summed E-state index contributed by atoms with van der Waals surface area (Å²) in [6, 6.07) is 6.21. The molecule has 0 unspecified atom stereocenters. The Morgan fingerprint density at radius 2 is 1.95 bits per heavy atom. The molecule has 102 valence electrons. The molecule has 2 rings (SSSR count). The molecule has 1 aromatic carbocycles. The standard InChI is InChI=1S/C14H18N2O3/c15-13(17)8-16(9-14(18)19)7-10-4-5-11-2-1-3-12(11)6-10/h4-6H,1-3,7-9H2,(H2,15,17)(H,18,19). The molecular weight excluding hydrogens is 244 g/mol. The van der Waals surface area contributed by atoms with E-state index in [0.717, 1.165) is 18.4 Å². The van der Waals surface area contributed by atoms with Crippen molar-refractivity contribution in [1.82, 2.24) is 4.90 Å². The number of nitrogens with two attached hydrogens (primary N) is 1. The van der Waals surface area contributed by atoms with E-state index in [9.17, 15) is 9.59 Å². The van der Waals surface area contributed by atoms with Gasteiger partial charge in [0.1, 0.15) is 0 Å². The summed E-state index contributed by atoms with van der Waals surface area (Å²) in [5.41, 5.74) is 8.89. The fraction of sp³-hybridized carbons (Fsp3) is 0.429. The lowest BCUT2D eigenvalue weighted by Crippen LogP contribution is -2.36. The minimum Gasteiger partial charge on any atom is -0.480 e. The van der Waals surface area contributed by atoms with Crippen LogP contribution >= 0.6 is 0 Å². The predicted molar refractivity (Wildman–Crippen MR) is 70.6 cm³/mol. The van der Waals surface area contributed by atoms with Crippen LogP contribution in [-0.4, -0.2) is 35.0 Å². The van der Waals surface area contributed by atoms with Gasteiger partial charge in [0.15, 0.2) is 0 Å². The Hall–Kier alpha value is -1.88. The Bertz CT molecular complexity index is 483. The molecule has 3 N–H and O–H groups in total. The van der Waals surface area contributed by atoms with E-state index in [2.05, 4.69) is 12.1 Å². The number of carboxylic acids is 1. The molecule has 0 radical (unpaired) electrons. The van der Waals surface area contributed by atoms with Crippen LogP contribution in [0.3, 0.4) is 0 Å². The number of rotatable bonds is 6. The number of carbonyl (C=O) groups excluding carboxylic acids is 1. The highest BCUT2D eigenvalue weighted by atomic mass is 16.4. The van der Waals surface area contributed by atoms with Crippen molar-refractivity contribution < 1.29 is 14.7 Å². The van der Waals surface area contributed by atoms with Crippen molar-refractivity contribution in [3.05, 3.63) is 34.9 Å². The fourth-order valence-corrected chi connectivity index (χ4v) is 2.56. The highest BCUT2D eigenvalue weighted by Crippen LogP contribution is 2.23. The average Bonchev–Trinajstić information content (AvgIpc) is 2.74. The lowest BCUT2D eigenvalue weighted by Gasteiger charge is -2.18. The smallest absolute Gasteiger partial charge is 0.317 e.